The number of carbonyl (C=O) groups is 1. The van der Waals surface area contributed by atoms with E-state index in [1.807, 2.05) is 0 Å². The molecular weight excluding hydrogens is 193 g/mol. The lowest BCUT2D eigenvalue weighted by Gasteiger charge is -2.13. The van der Waals surface area contributed by atoms with Crippen molar-refractivity contribution in [1.82, 2.24) is 4.98 Å². The third kappa shape index (κ3) is 2.24. The van der Waals surface area contributed by atoms with Crippen LogP contribution in [0.2, 0.25) is 0 Å². The van der Waals surface area contributed by atoms with Crippen molar-refractivity contribution in [2.24, 2.45) is 0 Å². The molecule has 5 nitrogen and oxygen atoms in total. The zero-order valence-corrected chi connectivity index (χ0v) is 6.96. The van der Waals surface area contributed by atoms with Gasteiger partial charge in [-0.1, -0.05) is 0 Å². The number of rotatable bonds is 3. The average molecular weight is 201 g/mol. The van der Waals surface area contributed by atoms with Crippen LogP contribution in [0.1, 0.15) is 11.7 Å². The molecule has 0 fully saturated rings. The van der Waals surface area contributed by atoms with Gasteiger partial charge in [-0.05, 0) is 6.07 Å². The smallest absolute Gasteiger partial charge is 0.335 e. The maximum Gasteiger partial charge on any atom is 0.335 e. The van der Waals surface area contributed by atoms with Gasteiger partial charge >= 0.3 is 5.97 Å². The van der Waals surface area contributed by atoms with Gasteiger partial charge in [-0.2, -0.15) is 0 Å². The molecule has 1 aromatic heterocycles. The van der Waals surface area contributed by atoms with E-state index in [2.05, 4.69) is 4.98 Å². The molecule has 2 unspecified atom stereocenters. The predicted molar refractivity (Wildman–Crippen MR) is 42.8 cm³/mol. The first-order valence-corrected chi connectivity index (χ1v) is 3.71. The first kappa shape index (κ1) is 10.6. The molecule has 14 heavy (non-hydrogen) atoms. The lowest BCUT2D eigenvalue weighted by atomic mass is 10.1. The van der Waals surface area contributed by atoms with Gasteiger partial charge in [-0.3, -0.25) is 4.98 Å². The second-order valence-electron chi connectivity index (χ2n) is 2.66. The summed E-state index contributed by atoms with van der Waals surface area (Å²) in [5.74, 6) is -2.29. The van der Waals surface area contributed by atoms with Crippen molar-refractivity contribution in [2.45, 2.75) is 12.2 Å². The highest BCUT2D eigenvalue weighted by atomic mass is 19.1. The molecule has 0 radical (unpaired) electrons. The van der Waals surface area contributed by atoms with Crippen LogP contribution in [-0.4, -0.2) is 32.4 Å². The number of hydrogen-bond acceptors (Lipinski definition) is 4. The lowest BCUT2D eigenvalue weighted by molar-refractivity contribution is -0.153. The Hall–Kier alpha value is -1.53. The van der Waals surface area contributed by atoms with E-state index in [4.69, 9.17) is 10.2 Å². The first-order valence-electron chi connectivity index (χ1n) is 3.71. The van der Waals surface area contributed by atoms with Crippen LogP contribution in [0.15, 0.2) is 18.5 Å². The highest BCUT2D eigenvalue weighted by Gasteiger charge is 2.25. The van der Waals surface area contributed by atoms with Crippen molar-refractivity contribution in [3.8, 4) is 0 Å². The number of carboxylic acids is 1. The van der Waals surface area contributed by atoms with Crippen molar-refractivity contribution in [3.05, 3.63) is 29.8 Å². The molecule has 0 spiro atoms. The Balaban J connectivity index is 2.89. The van der Waals surface area contributed by atoms with Gasteiger partial charge < -0.3 is 15.3 Å². The van der Waals surface area contributed by atoms with E-state index < -0.39 is 24.0 Å². The molecule has 76 valence electrons. The standard InChI is InChI=1S/C8H8FNO4/c9-5-1-4(2-10-3-5)6(11)7(12)8(13)14/h1-3,6-7,11-12H,(H,13,14). The molecule has 6 heteroatoms. The Morgan fingerprint density at radius 2 is 2.07 bits per heavy atom. The summed E-state index contributed by atoms with van der Waals surface area (Å²) in [4.78, 5) is 13.7. The number of aliphatic hydroxyl groups is 2. The molecule has 0 bridgehead atoms. The van der Waals surface area contributed by atoms with Gasteiger partial charge in [0.1, 0.15) is 11.9 Å². The molecule has 1 heterocycles. The van der Waals surface area contributed by atoms with Gasteiger partial charge in [-0.15, -0.1) is 0 Å². The summed E-state index contributed by atoms with van der Waals surface area (Å²) in [6.45, 7) is 0. The quantitative estimate of drug-likeness (QED) is 0.624. The first-order chi connectivity index (χ1) is 6.52. The van der Waals surface area contributed by atoms with Crippen molar-refractivity contribution < 1.29 is 24.5 Å². The van der Waals surface area contributed by atoms with Gasteiger partial charge in [0.05, 0.1) is 6.20 Å². The van der Waals surface area contributed by atoms with Crippen LogP contribution >= 0.6 is 0 Å². The molecule has 0 aliphatic heterocycles. The van der Waals surface area contributed by atoms with Crippen LogP contribution in [-0.2, 0) is 4.79 Å². The summed E-state index contributed by atoms with van der Waals surface area (Å²) >= 11 is 0. The van der Waals surface area contributed by atoms with Crippen LogP contribution in [0.5, 0.6) is 0 Å². The molecule has 0 aromatic carbocycles. The minimum absolute atomic E-state index is 0.0834. The SMILES string of the molecule is O=C(O)C(O)C(O)c1cncc(F)c1. The molecule has 0 saturated carbocycles. The summed E-state index contributed by atoms with van der Waals surface area (Å²) in [5, 5.41) is 26.5. The normalized spacial score (nSPS) is 14.8. The van der Waals surface area contributed by atoms with Crippen molar-refractivity contribution in [2.75, 3.05) is 0 Å². The number of carboxylic acid groups (broad SMARTS) is 1. The van der Waals surface area contributed by atoms with Gasteiger partial charge in [-0.25, -0.2) is 9.18 Å². The number of nitrogens with zero attached hydrogens (tertiary/aromatic N) is 1. The van der Waals surface area contributed by atoms with Crippen molar-refractivity contribution in [1.29, 1.82) is 0 Å². The van der Waals surface area contributed by atoms with Crippen LogP contribution in [0.3, 0.4) is 0 Å². The van der Waals surface area contributed by atoms with E-state index in [1.54, 1.807) is 0 Å². The summed E-state index contributed by atoms with van der Waals surface area (Å²) in [6, 6.07) is 0.907. The van der Waals surface area contributed by atoms with Crippen LogP contribution < -0.4 is 0 Å². The molecular formula is C8H8FNO4. The number of aliphatic hydroxyl groups excluding tert-OH is 2. The Labute approximate surface area is 78.5 Å². The minimum atomic E-state index is -1.99. The summed E-state index contributed by atoms with van der Waals surface area (Å²) in [5.41, 5.74) is -0.0834. The van der Waals surface area contributed by atoms with E-state index in [-0.39, 0.29) is 5.56 Å². The number of hydrogen-bond donors (Lipinski definition) is 3. The summed E-state index contributed by atoms with van der Waals surface area (Å²) < 4.78 is 12.6. The largest absolute Gasteiger partial charge is 0.479 e. The fourth-order valence-corrected chi connectivity index (χ4v) is 0.907. The third-order valence-electron chi connectivity index (χ3n) is 1.62. The van der Waals surface area contributed by atoms with Gasteiger partial charge in [0.2, 0.25) is 0 Å². The Morgan fingerprint density at radius 3 is 2.57 bits per heavy atom. The number of pyridine rings is 1. The zero-order chi connectivity index (χ0) is 10.7. The molecule has 2 atom stereocenters. The number of aromatic nitrogens is 1. The maximum atomic E-state index is 12.6. The maximum absolute atomic E-state index is 12.6. The Kier molecular flexibility index (Phi) is 3.10. The zero-order valence-electron chi connectivity index (χ0n) is 6.96. The van der Waals surface area contributed by atoms with Crippen molar-refractivity contribution in [3.63, 3.8) is 0 Å². The molecule has 1 aromatic rings. The van der Waals surface area contributed by atoms with Gasteiger partial charge in [0.25, 0.3) is 0 Å². The van der Waals surface area contributed by atoms with Gasteiger partial charge in [0, 0.05) is 11.8 Å². The van der Waals surface area contributed by atoms with E-state index in [0.29, 0.717) is 0 Å². The highest BCUT2D eigenvalue weighted by Crippen LogP contribution is 2.16. The topological polar surface area (TPSA) is 90.7 Å². The Morgan fingerprint density at radius 1 is 1.43 bits per heavy atom. The molecule has 0 saturated heterocycles. The lowest BCUT2D eigenvalue weighted by Crippen LogP contribution is -2.27. The van der Waals surface area contributed by atoms with E-state index in [0.717, 1.165) is 18.5 Å². The average Bonchev–Trinajstić information content (AvgIpc) is 2.15. The predicted octanol–water partition coefficient (Wildman–Crippen LogP) is -0.300. The monoisotopic (exact) mass is 201 g/mol. The van der Waals surface area contributed by atoms with E-state index in [1.165, 1.54) is 0 Å². The summed E-state index contributed by atoms with van der Waals surface area (Å²) in [6.07, 6.45) is -1.68. The number of aliphatic carboxylic acids is 1. The summed E-state index contributed by atoms with van der Waals surface area (Å²) in [7, 11) is 0. The van der Waals surface area contributed by atoms with Crippen LogP contribution in [0.4, 0.5) is 4.39 Å². The van der Waals surface area contributed by atoms with Crippen LogP contribution in [0.25, 0.3) is 0 Å². The molecule has 1 rings (SSSR count). The fourth-order valence-electron chi connectivity index (χ4n) is 0.907. The second-order valence-corrected chi connectivity index (χ2v) is 2.66. The third-order valence-corrected chi connectivity index (χ3v) is 1.62. The molecule has 0 aliphatic carbocycles. The molecule has 0 aliphatic rings. The fraction of sp³-hybridized carbons (Fsp3) is 0.250. The van der Waals surface area contributed by atoms with Gasteiger partial charge in [0.15, 0.2) is 6.10 Å². The molecule has 3 N–H and O–H groups in total. The highest BCUT2D eigenvalue weighted by molar-refractivity contribution is 5.73. The van der Waals surface area contributed by atoms with E-state index in [9.17, 15) is 14.3 Å². The van der Waals surface area contributed by atoms with E-state index >= 15 is 0 Å². The Bertz CT molecular complexity index is 344. The second kappa shape index (κ2) is 4.12. The number of halogens is 1. The minimum Gasteiger partial charge on any atom is -0.479 e. The molecule has 0 amide bonds. The van der Waals surface area contributed by atoms with Crippen molar-refractivity contribution >= 4 is 5.97 Å². The van der Waals surface area contributed by atoms with Crippen LogP contribution in [0, 0.1) is 5.82 Å².